The van der Waals surface area contributed by atoms with E-state index in [9.17, 15) is 13.6 Å². The topological polar surface area (TPSA) is 39.2 Å². The number of carbonyl (C=O) groups excluding carboxylic acids is 1. The first-order valence-corrected chi connectivity index (χ1v) is 5.82. The van der Waals surface area contributed by atoms with Crippen molar-refractivity contribution in [2.24, 2.45) is 0 Å². The second-order valence-corrected chi connectivity index (χ2v) is 3.89. The van der Waals surface area contributed by atoms with Crippen LogP contribution in [0.2, 0.25) is 0 Å². The van der Waals surface area contributed by atoms with E-state index in [-0.39, 0.29) is 11.5 Å². The smallest absolute Gasteiger partial charge is 0.387 e. The molecule has 0 saturated heterocycles. The Hall–Kier alpha value is -2.56. The number of carbonyl (C=O) groups is 1. The Kier molecular flexibility index (Phi) is 4.55. The summed E-state index contributed by atoms with van der Waals surface area (Å²) in [7, 11) is 0. The van der Waals surface area contributed by atoms with Gasteiger partial charge in [-0.25, -0.2) is 0 Å². The highest BCUT2D eigenvalue weighted by molar-refractivity contribution is 6.06. The van der Waals surface area contributed by atoms with E-state index in [1.165, 1.54) is 30.3 Å². The molecule has 2 aromatic rings. The van der Waals surface area contributed by atoms with Crippen molar-refractivity contribution in [3.63, 3.8) is 0 Å². The average molecular weight is 275 g/mol. The van der Waals surface area contributed by atoms with Crippen LogP contribution >= 0.6 is 0 Å². The molecule has 0 radical (unpaired) electrons. The molecule has 3 nitrogen and oxygen atoms in total. The van der Waals surface area contributed by atoms with E-state index >= 15 is 0 Å². The van der Waals surface area contributed by atoms with Crippen LogP contribution in [0.25, 0.3) is 6.08 Å². The van der Waals surface area contributed by atoms with Crippen LogP contribution in [0.3, 0.4) is 0 Å². The molecule has 102 valence electrons. The van der Waals surface area contributed by atoms with E-state index in [0.29, 0.717) is 5.56 Å². The fraction of sp³-hybridized carbons (Fsp3) is 0.0667. The van der Waals surface area contributed by atoms with Crippen molar-refractivity contribution in [2.75, 3.05) is 0 Å². The lowest BCUT2D eigenvalue weighted by Gasteiger charge is -2.04. The normalized spacial score (nSPS) is 10.9. The number of ketones is 1. The Labute approximate surface area is 114 Å². The molecule has 1 aromatic heterocycles. The molecular formula is C15H11F2NO2. The lowest BCUT2D eigenvalue weighted by molar-refractivity contribution is -0.0498. The van der Waals surface area contributed by atoms with Gasteiger partial charge in [-0.15, -0.1) is 0 Å². The number of alkyl halides is 2. The third-order valence-corrected chi connectivity index (χ3v) is 2.48. The van der Waals surface area contributed by atoms with E-state index in [2.05, 4.69) is 9.72 Å². The number of hydrogen-bond acceptors (Lipinski definition) is 3. The van der Waals surface area contributed by atoms with Gasteiger partial charge in [0, 0.05) is 18.0 Å². The summed E-state index contributed by atoms with van der Waals surface area (Å²) in [5.74, 6) is -0.203. The molecule has 5 heteroatoms. The van der Waals surface area contributed by atoms with Crippen molar-refractivity contribution in [2.45, 2.75) is 6.61 Å². The second-order valence-electron chi connectivity index (χ2n) is 3.89. The number of allylic oxidation sites excluding steroid dienone is 1. The maximum absolute atomic E-state index is 12.0. The zero-order valence-corrected chi connectivity index (χ0v) is 10.4. The van der Waals surface area contributed by atoms with Crippen molar-refractivity contribution < 1.29 is 18.3 Å². The Balaban J connectivity index is 2.04. The standard InChI is InChI=1S/C15H11F2NO2/c16-15(17)20-13-6-4-12(5-7-13)14(19)8-3-11-2-1-9-18-10-11/h1-10,15H/b8-3+. The molecule has 0 bridgehead atoms. The monoisotopic (exact) mass is 275 g/mol. The molecule has 0 unspecified atom stereocenters. The van der Waals surface area contributed by atoms with Gasteiger partial charge >= 0.3 is 6.61 Å². The second kappa shape index (κ2) is 6.56. The lowest BCUT2D eigenvalue weighted by Crippen LogP contribution is -2.02. The number of benzene rings is 1. The maximum atomic E-state index is 12.0. The van der Waals surface area contributed by atoms with Gasteiger partial charge in [0.05, 0.1) is 0 Å². The van der Waals surface area contributed by atoms with Gasteiger partial charge in [0.15, 0.2) is 5.78 Å². The van der Waals surface area contributed by atoms with Crippen molar-refractivity contribution in [3.8, 4) is 5.75 Å². The molecule has 0 spiro atoms. The molecule has 1 aromatic carbocycles. The van der Waals surface area contributed by atoms with Gasteiger partial charge in [0.1, 0.15) is 5.75 Å². The predicted molar refractivity (Wildman–Crippen MR) is 70.7 cm³/mol. The number of halogens is 2. The van der Waals surface area contributed by atoms with Crippen molar-refractivity contribution in [3.05, 3.63) is 66.0 Å². The summed E-state index contributed by atoms with van der Waals surface area (Å²) in [6.45, 7) is -2.87. The highest BCUT2D eigenvalue weighted by Crippen LogP contribution is 2.15. The van der Waals surface area contributed by atoms with Gasteiger partial charge in [-0.05, 0) is 48.0 Å². The minimum absolute atomic E-state index is 0.0211. The number of pyridine rings is 1. The molecule has 0 amide bonds. The van der Waals surface area contributed by atoms with Crippen LogP contribution in [0.4, 0.5) is 8.78 Å². The molecule has 0 aliphatic heterocycles. The van der Waals surface area contributed by atoms with E-state index in [1.54, 1.807) is 24.5 Å². The summed E-state index contributed by atoms with van der Waals surface area (Å²) in [4.78, 5) is 15.8. The quantitative estimate of drug-likeness (QED) is 0.618. The van der Waals surface area contributed by atoms with E-state index in [4.69, 9.17) is 0 Å². The predicted octanol–water partition coefficient (Wildman–Crippen LogP) is 3.58. The SMILES string of the molecule is O=C(/C=C/c1cccnc1)c1ccc(OC(F)F)cc1. The number of hydrogen-bond donors (Lipinski definition) is 0. The zero-order valence-electron chi connectivity index (χ0n) is 10.4. The number of rotatable bonds is 5. The molecule has 0 N–H and O–H groups in total. The summed E-state index contributed by atoms with van der Waals surface area (Å²) >= 11 is 0. The van der Waals surface area contributed by atoms with Crippen LogP contribution < -0.4 is 4.74 Å². The van der Waals surface area contributed by atoms with Gasteiger partial charge < -0.3 is 4.74 Å². The minimum atomic E-state index is -2.87. The Morgan fingerprint density at radius 1 is 1.20 bits per heavy atom. The molecule has 0 aliphatic carbocycles. The van der Waals surface area contributed by atoms with Crippen molar-refractivity contribution >= 4 is 11.9 Å². The molecule has 0 aliphatic rings. The fourth-order valence-electron chi connectivity index (χ4n) is 1.54. The zero-order chi connectivity index (χ0) is 14.4. The average Bonchev–Trinajstić information content (AvgIpc) is 2.46. The lowest BCUT2D eigenvalue weighted by atomic mass is 10.1. The summed E-state index contributed by atoms with van der Waals surface area (Å²) < 4.78 is 28.2. The highest BCUT2D eigenvalue weighted by Gasteiger charge is 2.06. The van der Waals surface area contributed by atoms with Gasteiger partial charge in [-0.2, -0.15) is 8.78 Å². The molecule has 1 heterocycles. The van der Waals surface area contributed by atoms with Crippen LogP contribution in [-0.2, 0) is 0 Å². The summed E-state index contributed by atoms with van der Waals surface area (Å²) in [6, 6.07) is 9.12. The minimum Gasteiger partial charge on any atom is -0.435 e. The van der Waals surface area contributed by atoms with Gasteiger partial charge in [-0.1, -0.05) is 6.07 Å². The van der Waals surface area contributed by atoms with Crippen LogP contribution in [0, 0.1) is 0 Å². The van der Waals surface area contributed by atoms with Crippen LogP contribution in [0.1, 0.15) is 15.9 Å². The molecule has 20 heavy (non-hydrogen) atoms. The van der Waals surface area contributed by atoms with E-state index < -0.39 is 6.61 Å². The Morgan fingerprint density at radius 3 is 2.55 bits per heavy atom. The molecule has 2 rings (SSSR count). The summed E-state index contributed by atoms with van der Waals surface area (Å²) in [5.41, 5.74) is 1.20. The van der Waals surface area contributed by atoms with Crippen molar-refractivity contribution in [1.82, 2.24) is 4.98 Å². The van der Waals surface area contributed by atoms with Gasteiger partial charge in [-0.3, -0.25) is 9.78 Å². The first-order valence-electron chi connectivity index (χ1n) is 5.82. The van der Waals surface area contributed by atoms with Crippen molar-refractivity contribution in [1.29, 1.82) is 0 Å². The molecule has 0 atom stereocenters. The largest absolute Gasteiger partial charge is 0.435 e. The number of nitrogens with zero attached hydrogens (tertiary/aromatic N) is 1. The van der Waals surface area contributed by atoms with E-state index in [1.807, 2.05) is 6.07 Å². The van der Waals surface area contributed by atoms with E-state index in [0.717, 1.165) is 5.56 Å². The first-order chi connectivity index (χ1) is 9.65. The van der Waals surface area contributed by atoms with Gasteiger partial charge in [0.25, 0.3) is 0 Å². The Bertz CT molecular complexity index is 595. The number of aromatic nitrogens is 1. The third kappa shape index (κ3) is 3.98. The van der Waals surface area contributed by atoms with Crippen LogP contribution in [0.15, 0.2) is 54.9 Å². The third-order valence-electron chi connectivity index (χ3n) is 2.48. The molecule has 0 saturated carbocycles. The first kappa shape index (κ1) is 13.9. The van der Waals surface area contributed by atoms with Crippen LogP contribution in [-0.4, -0.2) is 17.4 Å². The highest BCUT2D eigenvalue weighted by atomic mass is 19.3. The van der Waals surface area contributed by atoms with Crippen LogP contribution in [0.5, 0.6) is 5.75 Å². The Morgan fingerprint density at radius 2 is 1.95 bits per heavy atom. The number of ether oxygens (including phenoxy) is 1. The maximum Gasteiger partial charge on any atom is 0.387 e. The summed E-state index contributed by atoms with van der Waals surface area (Å²) in [5, 5.41) is 0. The molecular weight excluding hydrogens is 264 g/mol. The molecule has 0 fully saturated rings. The summed E-state index contributed by atoms with van der Waals surface area (Å²) in [6.07, 6.45) is 6.31. The fourth-order valence-corrected chi connectivity index (χ4v) is 1.54. The van der Waals surface area contributed by atoms with Gasteiger partial charge in [0.2, 0.25) is 0 Å².